The molecule has 4 rings (SSSR count). The Balaban J connectivity index is 1.29. The number of halogens is 2. The molecule has 1 saturated heterocycles. The summed E-state index contributed by atoms with van der Waals surface area (Å²) in [7, 11) is 0. The van der Waals surface area contributed by atoms with Crippen LogP contribution in [0.1, 0.15) is 36.3 Å². The highest BCUT2D eigenvalue weighted by Crippen LogP contribution is 2.24. The van der Waals surface area contributed by atoms with Gasteiger partial charge < -0.3 is 5.32 Å². The third-order valence-corrected chi connectivity index (χ3v) is 6.10. The lowest BCUT2D eigenvalue weighted by Gasteiger charge is -2.32. The Labute approximate surface area is 191 Å². The number of carbonyl (C=O) groups excluding carboxylic acids is 1. The molecule has 32 heavy (non-hydrogen) atoms. The minimum absolute atomic E-state index is 0.0232. The normalized spacial score (nSPS) is 16.1. The van der Waals surface area contributed by atoms with Crippen LogP contribution in [0.4, 0.5) is 4.39 Å². The molecule has 1 unspecified atom stereocenters. The molecule has 1 aromatic heterocycles. The number of tetrazole rings is 1. The van der Waals surface area contributed by atoms with Crippen LogP contribution in [-0.4, -0.2) is 50.1 Å². The van der Waals surface area contributed by atoms with Crippen LogP contribution in [-0.2, 0) is 17.9 Å². The van der Waals surface area contributed by atoms with E-state index in [1.54, 1.807) is 11.0 Å². The number of nitrogens with one attached hydrogen (secondary N) is 1. The molecule has 1 aliphatic heterocycles. The Kier molecular flexibility index (Phi) is 7.44. The van der Waals surface area contributed by atoms with Gasteiger partial charge in [-0.25, -0.2) is 9.07 Å². The second kappa shape index (κ2) is 10.7. The maximum atomic E-state index is 13.1. The van der Waals surface area contributed by atoms with Crippen molar-refractivity contribution < 1.29 is 9.18 Å². The summed E-state index contributed by atoms with van der Waals surface area (Å²) in [5, 5.41) is 15.2. The summed E-state index contributed by atoms with van der Waals surface area (Å²) in [5.41, 5.74) is 2.12. The van der Waals surface area contributed by atoms with Crippen LogP contribution >= 0.6 is 11.6 Å². The minimum Gasteiger partial charge on any atom is -0.353 e. The molecule has 2 heterocycles. The van der Waals surface area contributed by atoms with Crippen LogP contribution in [0.3, 0.4) is 0 Å². The smallest absolute Gasteiger partial charge is 0.220 e. The van der Waals surface area contributed by atoms with Crippen molar-refractivity contribution >= 4 is 17.5 Å². The van der Waals surface area contributed by atoms with Gasteiger partial charge in [-0.2, -0.15) is 0 Å². The summed E-state index contributed by atoms with van der Waals surface area (Å²) in [6.45, 7) is 3.10. The highest BCUT2D eigenvalue weighted by atomic mass is 35.5. The molecule has 1 atom stereocenters. The second-order valence-corrected chi connectivity index (χ2v) is 8.67. The largest absolute Gasteiger partial charge is 0.353 e. The Morgan fingerprint density at radius 2 is 1.84 bits per heavy atom. The van der Waals surface area contributed by atoms with Gasteiger partial charge in [0, 0.05) is 43.0 Å². The third-order valence-electron chi connectivity index (χ3n) is 5.84. The maximum Gasteiger partial charge on any atom is 0.220 e. The average molecular weight is 457 g/mol. The molecule has 0 radical (unpaired) electrons. The maximum absolute atomic E-state index is 13.1. The molecule has 0 bridgehead atoms. The molecule has 9 heteroatoms. The molecular weight excluding hydrogens is 431 g/mol. The van der Waals surface area contributed by atoms with Gasteiger partial charge in [-0.15, -0.1) is 5.10 Å². The molecule has 2 aromatic carbocycles. The van der Waals surface area contributed by atoms with E-state index in [-0.39, 0.29) is 23.7 Å². The molecule has 1 N–H and O–H groups in total. The first kappa shape index (κ1) is 22.4. The lowest BCUT2D eigenvalue weighted by atomic mass is 9.94. The predicted molar refractivity (Wildman–Crippen MR) is 119 cm³/mol. The van der Waals surface area contributed by atoms with Crippen molar-refractivity contribution in [2.75, 3.05) is 13.1 Å². The van der Waals surface area contributed by atoms with E-state index in [1.165, 1.54) is 12.1 Å². The number of nitrogens with zero attached hydrogens (tertiary/aromatic N) is 5. The zero-order valence-electron chi connectivity index (χ0n) is 17.7. The summed E-state index contributed by atoms with van der Waals surface area (Å²) in [4.78, 5) is 15.2. The van der Waals surface area contributed by atoms with Gasteiger partial charge in [0.25, 0.3) is 0 Å². The van der Waals surface area contributed by atoms with Crippen molar-refractivity contribution in [1.82, 2.24) is 30.4 Å². The lowest BCUT2D eigenvalue weighted by molar-refractivity contribution is -0.122. The first-order valence-electron chi connectivity index (χ1n) is 10.8. The number of hydrogen-bond donors (Lipinski definition) is 1. The molecule has 1 amide bonds. The fourth-order valence-electron chi connectivity index (χ4n) is 4.11. The first-order valence-corrected chi connectivity index (χ1v) is 11.2. The summed E-state index contributed by atoms with van der Waals surface area (Å²) >= 11 is 6.03. The van der Waals surface area contributed by atoms with Crippen molar-refractivity contribution in [2.24, 2.45) is 0 Å². The van der Waals surface area contributed by atoms with Crippen molar-refractivity contribution in [3.63, 3.8) is 0 Å². The number of amides is 1. The lowest BCUT2D eigenvalue weighted by Crippen LogP contribution is -2.44. The SMILES string of the molecule is O=C(CC(Cn1cnnn1)c1ccc(Cl)cc1)NC1CCN(Cc2ccc(F)cc2)CC1. The van der Waals surface area contributed by atoms with Gasteiger partial charge in [-0.1, -0.05) is 35.9 Å². The first-order chi connectivity index (χ1) is 15.5. The number of hydrogen-bond acceptors (Lipinski definition) is 5. The van der Waals surface area contributed by atoms with Gasteiger partial charge >= 0.3 is 0 Å². The summed E-state index contributed by atoms with van der Waals surface area (Å²) in [6.07, 6.45) is 3.69. The summed E-state index contributed by atoms with van der Waals surface area (Å²) in [5.74, 6) is -0.253. The van der Waals surface area contributed by atoms with Gasteiger partial charge in [0.05, 0.1) is 6.54 Å². The van der Waals surface area contributed by atoms with Gasteiger partial charge in [0.15, 0.2) is 0 Å². The van der Waals surface area contributed by atoms with Gasteiger partial charge in [0.2, 0.25) is 5.91 Å². The molecule has 168 valence electrons. The van der Waals surface area contributed by atoms with Crippen LogP contribution in [0.2, 0.25) is 5.02 Å². The monoisotopic (exact) mass is 456 g/mol. The van der Waals surface area contributed by atoms with Gasteiger partial charge in [-0.05, 0) is 58.7 Å². The fourth-order valence-corrected chi connectivity index (χ4v) is 4.23. The van der Waals surface area contributed by atoms with Crippen LogP contribution in [0.25, 0.3) is 0 Å². The molecular formula is C23H26ClFN6O. The molecule has 0 saturated carbocycles. The predicted octanol–water partition coefficient (Wildman–Crippen LogP) is 3.42. The molecule has 1 aliphatic rings. The number of likely N-dealkylation sites (tertiary alicyclic amines) is 1. The van der Waals surface area contributed by atoms with Crippen molar-refractivity contribution in [3.05, 3.63) is 76.8 Å². The highest BCUT2D eigenvalue weighted by molar-refractivity contribution is 6.30. The zero-order chi connectivity index (χ0) is 22.3. The summed E-state index contributed by atoms with van der Waals surface area (Å²) in [6, 6.07) is 14.3. The molecule has 0 spiro atoms. The minimum atomic E-state index is -0.216. The average Bonchev–Trinajstić information content (AvgIpc) is 3.30. The number of carbonyl (C=O) groups is 1. The van der Waals surface area contributed by atoms with E-state index < -0.39 is 0 Å². The van der Waals surface area contributed by atoms with Gasteiger partial charge in [-0.3, -0.25) is 9.69 Å². The van der Waals surface area contributed by atoms with E-state index in [9.17, 15) is 9.18 Å². The van der Waals surface area contributed by atoms with Crippen molar-refractivity contribution in [1.29, 1.82) is 0 Å². The summed E-state index contributed by atoms with van der Waals surface area (Å²) < 4.78 is 14.7. The molecule has 1 fully saturated rings. The standard InChI is InChI=1S/C23H26ClFN6O/c24-20-5-3-18(4-6-20)19(15-31-16-26-28-29-31)13-23(32)27-22-9-11-30(12-10-22)14-17-1-7-21(25)8-2-17/h1-8,16,19,22H,9-15H2,(H,27,32). The van der Waals surface area contributed by atoms with Crippen LogP contribution < -0.4 is 5.32 Å². The van der Waals surface area contributed by atoms with Crippen LogP contribution in [0, 0.1) is 5.82 Å². The fraction of sp³-hybridized carbons (Fsp3) is 0.391. The number of rotatable bonds is 8. The van der Waals surface area contributed by atoms with Crippen LogP contribution in [0.15, 0.2) is 54.9 Å². The zero-order valence-corrected chi connectivity index (χ0v) is 18.5. The van der Waals surface area contributed by atoms with E-state index in [2.05, 4.69) is 25.7 Å². The molecule has 0 aliphatic carbocycles. The number of piperidine rings is 1. The van der Waals surface area contributed by atoms with E-state index in [0.717, 1.165) is 43.6 Å². The van der Waals surface area contributed by atoms with Crippen LogP contribution in [0.5, 0.6) is 0 Å². The number of benzene rings is 2. The van der Waals surface area contributed by atoms with E-state index in [1.807, 2.05) is 36.4 Å². The van der Waals surface area contributed by atoms with E-state index in [0.29, 0.717) is 18.0 Å². The number of aromatic nitrogens is 4. The third kappa shape index (κ3) is 6.34. The van der Waals surface area contributed by atoms with Gasteiger partial charge in [0.1, 0.15) is 12.1 Å². The Hall–Kier alpha value is -2.84. The quantitative estimate of drug-likeness (QED) is 0.562. The Morgan fingerprint density at radius 1 is 1.12 bits per heavy atom. The molecule has 7 nitrogen and oxygen atoms in total. The van der Waals surface area contributed by atoms with Crippen molar-refractivity contribution in [2.45, 2.75) is 44.3 Å². The van der Waals surface area contributed by atoms with Crippen molar-refractivity contribution in [3.8, 4) is 0 Å². The Bertz CT molecular complexity index is 988. The van der Waals surface area contributed by atoms with E-state index in [4.69, 9.17) is 11.6 Å². The molecule has 3 aromatic rings. The highest BCUT2D eigenvalue weighted by Gasteiger charge is 2.23. The van der Waals surface area contributed by atoms with E-state index >= 15 is 0 Å². The second-order valence-electron chi connectivity index (χ2n) is 8.23. The Morgan fingerprint density at radius 3 is 2.50 bits per heavy atom. The topological polar surface area (TPSA) is 75.9 Å².